The summed E-state index contributed by atoms with van der Waals surface area (Å²) in [7, 11) is 1.63. The molecule has 31 heavy (non-hydrogen) atoms. The monoisotopic (exact) mass is 423 g/mol. The highest BCUT2D eigenvalue weighted by Crippen LogP contribution is 2.32. The molecule has 3 aromatic rings. The van der Waals surface area contributed by atoms with Crippen molar-refractivity contribution < 1.29 is 13.9 Å². The van der Waals surface area contributed by atoms with Gasteiger partial charge < -0.3 is 14.1 Å². The van der Waals surface area contributed by atoms with Gasteiger partial charge in [0.2, 0.25) is 6.41 Å². The van der Waals surface area contributed by atoms with Crippen LogP contribution in [0.4, 0.5) is 5.69 Å². The van der Waals surface area contributed by atoms with E-state index in [0.29, 0.717) is 5.58 Å². The van der Waals surface area contributed by atoms with Crippen LogP contribution in [0.5, 0.6) is 5.75 Å². The number of para-hydroxylation sites is 1. The van der Waals surface area contributed by atoms with Gasteiger partial charge in [-0.05, 0) is 55.5 Å². The van der Waals surface area contributed by atoms with Crippen molar-refractivity contribution >= 4 is 23.1 Å². The summed E-state index contributed by atoms with van der Waals surface area (Å²) in [5.41, 5.74) is 5.74. The van der Waals surface area contributed by atoms with Crippen molar-refractivity contribution in [2.24, 2.45) is 0 Å². The Labute approximate surface area is 184 Å². The van der Waals surface area contributed by atoms with Gasteiger partial charge in [-0.3, -0.25) is 4.79 Å². The van der Waals surface area contributed by atoms with Crippen molar-refractivity contribution in [2.45, 2.75) is 53.9 Å². The van der Waals surface area contributed by atoms with Crippen molar-refractivity contribution in [3.63, 3.8) is 0 Å². The molecule has 0 N–H and O–H groups in total. The highest BCUT2D eigenvalue weighted by molar-refractivity contribution is 5.88. The Hall–Kier alpha value is -3.08. The largest absolute Gasteiger partial charge is 0.496 e. The number of amides is 1. The Morgan fingerprint density at radius 1 is 1.16 bits per heavy atom. The van der Waals surface area contributed by atoms with Gasteiger partial charge in [-0.2, -0.15) is 0 Å². The molecule has 4 rings (SSSR count). The predicted molar refractivity (Wildman–Crippen MR) is 127 cm³/mol. The maximum Gasteiger partial charge on any atom is 0.336 e. The van der Waals surface area contributed by atoms with Crippen LogP contribution in [-0.2, 0) is 17.6 Å². The second-order valence-electron chi connectivity index (χ2n) is 7.24. The molecule has 0 atom stereocenters. The number of carbonyl (C=O) groups is 1. The van der Waals surface area contributed by atoms with Gasteiger partial charge in [0.05, 0.1) is 7.11 Å². The van der Waals surface area contributed by atoms with E-state index in [9.17, 15) is 9.59 Å². The van der Waals surface area contributed by atoms with E-state index in [1.165, 1.54) is 5.56 Å². The molecule has 2 aromatic carbocycles. The van der Waals surface area contributed by atoms with E-state index in [1.807, 2.05) is 52.0 Å². The summed E-state index contributed by atoms with van der Waals surface area (Å²) < 4.78 is 10.7. The third-order valence-corrected chi connectivity index (χ3v) is 5.28. The number of aryl methyl sites for hydroxylation is 3. The Morgan fingerprint density at radius 2 is 1.87 bits per heavy atom. The Morgan fingerprint density at radius 3 is 2.52 bits per heavy atom. The molecular weight excluding hydrogens is 390 g/mol. The molecule has 0 bridgehead atoms. The average molecular weight is 424 g/mol. The number of anilines is 1. The molecule has 1 aliphatic heterocycles. The minimum atomic E-state index is -0.290. The van der Waals surface area contributed by atoms with E-state index in [-0.39, 0.29) is 5.63 Å². The van der Waals surface area contributed by atoms with E-state index in [1.54, 1.807) is 18.1 Å². The molecule has 0 unspecified atom stereocenters. The fourth-order valence-corrected chi connectivity index (χ4v) is 3.88. The lowest BCUT2D eigenvalue weighted by molar-refractivity contribution is -0.107. The number of benzene rings is 2. The van der Waals surface area contributed by atoms with E-state index in [2.05, 4.69) is 13.0 Å². The molecule has 0 spiro atoms. The van der Waals surface area contributed by atoms with Crippen LogP contribution in [0.1, 0.15) is 49.4 Å². The molecule has 5 nitrogen and oxygen atoms in total. The van der Waals surface area contributed by atoms with Crippen LogP contribution < -0.4 is 15.3 Å². The first-order valence-corrected chi connectivity index (χ1v) is 10.9. The van der Waals surface area contributed by atoms with Crippen molar-refractivity contribution in [1.82, 2.24) is 0 Å². The third-order valence-electron chi connectivity index (χ3n) is 5.28. The molecule has 0 saturated carbocycles. The first kappa shape index (κ1) is 24.2. The summed E-state index contributed by atoms with van der Waals surface area (Å²) in [6.45, 7) is 10.9. The number of methoxy groups -OCH3 is 1. The van der Waals surface area contributed by atoms with Gasteiger partial charge in [0.25, 0.3) is 0 Å². The van der Waals surface area contributed by atoms with Crippen molar-refractivity contribution in [1.29, 1.82) is 0 Å². The van der Waals surface area contributed by atoms with Gasteiger partial charge in [0.15, 0.2) is 0 Å². The number of hydrogen-bond donors (Lipinski definition) is 0. The van der Waals surface area contributed by atoms with Crippen LogP contribution in [0, 0.1) is 13.8 Å². The molecular formula is C26H33NO4. The number of fused-ring (bicyclic) bond motifs is 2. The lowest BCUT2D eigenvalue weighted by Crippen LogP contribution is -2.16. The van der Waals surface area contributed by atoms with Gasteiger partial charge in [-0.1, -0.05) is 45.4 Å². The summed E-state index contributed by atoms with van der Waals surface area (Å²) >= 11 is 0. The van der Waals surface area contributed by atoms with E-state index < -0.39 is 0 Å². The highest BCUT2D eigenvalue weighted by Gasteiger charge is 2.16. The Kier molecular flexibility index (Phi) is 8.86. The summed E-state index contributed by atoms with van der Waals surface area (Å²) in [5.74, 6) is 0.761. The minimum Gasteiger partial charge on any atom is -0.496 e. The van der Waals surface area contributed by atoms with Crippen LogP contribution in [0.2, 0.25) is 0 Å². The fourth-order valence-electron chi connectivity index (χ4n) is 3.88. The number of carbonyl (C=O) groups excluding carboxylic acids is 1. The number of ether oxygens (including phenoxy) is 1. The molecule has 0 aliphatic carbocycles. The molecule has 5 heteroatoms. The SMILES string of the molecule is CC.CCCc1cc(=O)oc2c(C)c(OC)cc(C)c12.O=CN1CCc2ccccc21. The molecule has 0 saturated heterocycles. The summed E-state index contributed by atoms with van der Waals surface area (Å²) in [4.78, 5) is 23.9. The molecule has 1 amide bonds. The zero-order valence-corrected chi connectivity index (χ0v) is 19.5. The molecule has 1 aromatic heterocycles. The van der Waals surface area contributed by atoms with Crippen LogP contribution in [0.25, 0.3) is 11.0 Å². The van der Waals surface area contributed by atoms with Crippen molar-refractivity contribution in [3.05, 3.63) is 69.1 Å². The summed E-state index contributed by atoms with van der Waals surface area (Å²) in [6, 6.07) is 11.6. The second-order valence-corrected chi connectivity index (χ2v) is 7.24. The zero-order chi connectivity index (χ0) is 23.0. The van der Waals surface area contributed by atoms with Crippen LogP contribution in [0.15, 0.2) is 45.6 Å². The fraction of sp³-hybridized carbons (Fsp3) is 0.385. The van der Waals surface area contributed by atoms with Gasteiger partial charge in [0, 0.05) is 29.2 Å². The number of hydrogen-bond acceptors (Lipinski definition) is 4. The molecule has 1 aliphatic rings. The van der Waals surface area contributed by atoms with Crippen LogP contribution in [-0.4, -0.2) is 20.1 Å². The Bertz CT molecular complexity index is 1080. The van der Waals surface area contributed by atoms with Crippen molar-refractivity contribution in [2.75, 3.05) is 18.6 Å². The van der Waals surface area contributed by atoms with Crippen LogP contribution in [0.3, 0.4) is 0 Å². The van der Waals surface area contributed by atoms with E-state index >= 15 is 0 Å². The smallest absolute Gasteiger partial charge is 0.336 e. The Balaban J connectivity index is 0.000000224. The van der Waals surface area contributed by atoms with E-state index in [0.717, 1.165) is 65.7 Å². The lowest BCUT2D eigenvalue weighted by Gasteiger charge is -2.12. The minimum absolute atomic E-state index is 0.290. The lowest BCUT2D eigenvalue weighted by atomic mass is 9.99. The maximum atomic E-state index is 11.6. The highest BCUT2D eigenvalue weighted by atomic mass is 16.5. The number of nitrogens with zero attached hydrogens (tertiary/aromatic N) is 1. The first-order chi connectivity index (χ1) is 15.0. The van der Waals surface area contributed by atoms with Gasteiger partial charge in [0.1, 0.15) is 11.3 Å². The van der Waals surface area contributed by atoms with Gasteiger partial charge in [-0.15, -0.1) is 0 Å². The molecule has 2 heterocycles. The zero-order valence-electron chi connectivity index (χ0n) is 19.5. The maximum absolute atomic E-state index is 11.6. The summed E-state index contributed by atoms with van der Waals surface area (Å²) in [5, 5.41) is 1.05. The first-order valence-electron chi connectivity index (χ1n) is 10.9. The normalized spacial score (nSPS) is 11.7. The van der Waals surface area contributed by atoms with Crippen LogP contribution >= 0.6 is 0 Å². The molecule has 166 valence electrons. The van der Waals surface area contributed by atoms with Gasteiger partial charge >= 0.3 is 5.63 Å². The standard InChI is InChI=1S/C15H18O3.C9H9NO.C2H6/c1-5-6-11-8-13(16)18-15-10(3)12(17-4)7-9(2)14(11)15;11-7-10-6-5-8-3-1-2-4-9(8)10;1-2/h7-8H,5-6H2,1-4H3;1-4,7H,5-6H2;1-2H3. The number of rotatable bonds is 4. The molecule has 0 radical (unpaired) electrons. The quantitative estimate of drug-likeness (QED) is 0.405. The molecule has 0 fully saturated rings. The predicted octanol–water partition coefficient (Wildman–Crippen LogP) is 5.60. The summed E-state index contributed by atoms with van der Waals surface area (Å²) in [6.07, 6.45) is 3.78. The van der Waals surface area contributed by atoms with E-state index in [4.69, 9.17) is 9.15 Å². The second kappa shape index (κ2) is 11.3. The topological polar surface area (TPSA) is 59.8 Å². The van der Waals surface area contributed by atoms with Crippen molar-refractivity contribution in [3.8, 4) is 5.75 Å². The third kappa shape index (κ3) is 5.35. The van der Waals surface area contributed by atoms with Gasteiger partial charge in [-0.25, -0.2) is 4.79 Å². The average Bonchev–Trinajstić information content (AvgIpc) is 3.21.